The van der Waals surface area contributed by atoms with Gasteiger partial charge in [0.15, 0.2) is 9.84 Å². The second kappa shape index (κ2) is 5.22. The van der Waals surface area contributed by atoms with Crippen LogP contribution in [0.25, 0.3) is 0 Å². The maximum atomic E-state index is 12.0. The number of hydrogen-bond donors (Lipinski definition) is 2. The van der Waals surface area contributed by atoms with E-state index in [2.05, 4.69) is 0 Å². The van der Waals surface area contributed by atoms with Crippen LogP contribution in [0.15, 0.2) is 23.1 Å². The van der Waals surface area contributed by atoms with Crippen molar-refractivity contribution in [3.63, 3.8) is 0 Å². The van der Waals surface area contributed by atoms with Gasteiger partial charge in [-0.2, -0.15) is 0 Å². The minimum atomic E-state index is -3.91. The number of nitrogens with one attached hydrogen (secondary N) is 1. The molecule has 1 amide bonds. The fourth-order valence-corrected chi connectivity index (χ4v) is 3.18. The normalized spacial score (nSPS) is 13.2. The Morgan fingerprint density at radius 2 is 2.00 bits per heavy atom. The summed E-state index contributed by atoms with van der Waals surface area (Å²) in [7, 11) is -3.91. The number of amides is 1. The van der Waals surface area contributed by atoms with Gasteiger partial charge in [-0.05, 0) is 25.1 Å². The van der Waals surface area contributed by atoms with E-state index in [0.29, 0.717) is 0 Å². The third-order valence-corrected chi connectivity index (χ3v) is 4.95. The van der Waals surface area contributed by atoms with E-state index in [-0.39, 0.29) is 14.9 Å². The third kappa shape index (κ3) is 2.90. The standard InChI is InChI=1S/C9H10Cl2N2O3S/c1-5(9(14)13-12)17(15,16)8-4-6(10)2-3-7(8)11/h2-5H,12H2,1H3,(H,13,14)/t5-/m1/s1. The van der Waals surface area contributed by atoms with Crippen molar-refractivity contribution < 1.29 is 13.2 Å². The second-order valence-corrected chi connectivity index (χ2v) is 6.35. The van der Waals surface area contributed by atoms with Crippen molar-refractivity contribution in [2.24, 2.45) is 5.84 Å². The van der Waals surface area contributed by atoms with Crippen molar-refractivity contribution in [2.75, 3.05) is 0 Å². The number of hydrazine groups is 1. The summed E-state index contributed by atoms with van der Waals surface area (Å²) in [5.41, 5.74) is 1.78. The Balaban J connectivity index is 3.31. The van der Waals surface area contributed by atoms with E-state index >= 15 is 0 Å². The van der Waals surface area contributed by atoms with Gasteiger partial charge in [-0.1, -0.05) is 23.2 Å². The van der Waals surface area contributed by atoms with E-state index in [9.17, 15) is 13.2 Å². The SMILES string of the molecule is C[C@H](C(=O)NN)S(=O)(=O)c1cc(Cl)ccc1Cl. The molecule has 94 valence electrons. The van der Waals surface area contributed by atoms with E-state index in [4.69, 9.17) is 29.0 Å². The summed E-state index contributed by atoms with van der Waals surface area (Å²) < 4.78 is 24.1. The molecule has 17 heavy (non-hydrogen) atoms. The molecule has 1 aromatic carbocycles. The molecule has 0 saturated heterocycles. The van der Waals surface area contributed by atoms with Crippen LogP contribution in [0, 0.1) is 0 Å². The summed E-state index contributed by atoms with van der Waals surface area (Å²) in [6.45, 7) is 1.22. The average Bonchev–Trinajstić information content (AvgIpc) is 2.30. The Morgan fingerprint density at radius 3 is 2.53 bits per heavy atom. The Kier molecular flexibility index (Phi) is 4.37. The van der Waals surface area contributed by atoms with Gasteiger partial charge in [0.2, 0.25) is 0 Å². The number of nitrogens with two attached hydrogens (primary N) is 1. The summed E-state index contributed by atoms with van der Waals surface area (Å²) >= 11 is 11.5. The molecule has 5 nitrogen and oxygen atoms in total. The molecule has 1 atom stereocenters. The van der Waals surface area contributed by atoms with Gasteiger partial charge in [0, 0.05) is 5.02 Å². The minimum absolute atomic E-state index is 0.00562. The van der Waals surface area contributed by atoms with E-state index in [0.717, 1.165) is 0 Å². The van der Waals surface area contributed by atoms with Gasteiger partial charge in [-0.3, -0.25) is 10.2 Å². The summed E-state index contributed by atoms with van der Waals surface area (Å²) in [6.07, 6.45) is 0. The highest BCUT2D eigenvalue weighted by molar-refractivity contribution is 7.92. The fourth-order valence-electron chi connectivity index (χ4n) is 1.14. The molecular weight excluding hydrogens is 287 g/mol. The zero-order chi connectivity index (χ0) is 13.2. The molecule has 3 N–H and O–H groups in total. The first-order chi connectivity index (χ1) is 7.80. The maximum Gasteiger partial charge on any atom is 0.252 e. The van der Waals surface area contributed by atoms with Gasteiger partial charge in [-0.15, -0.1) is 0 Å². The summed E-state index contributed by atoms with van der Waals surface area (Å²) in [6, 6.07) is 4.00. The van der Waals surface area contributed by atoms with Crippen LogP contribution in [-0.4, -0.2) is 19.6 Å². The highest BCUT2D eigenvalue weighted by Gasteiger charge is 2.31. The lowest BCUT2D eigenvalue weighted by molar-refractivity contribution is -0.120. The molecule has 0 aromatic heterocycles. The number of carbonyl (C=O) groups is 1. The van der Waals surface area contributed by atoms with E-state index < -0.39 is 21.0 Å². The summed E-state index contributed by atoms with van der Waals surface area (Å²) in [5.74, 6) is 4.07. The van der Waals surface area contributed by atoms with Crippen LogP contribution >= 0.6 is 23.2 Å². The number of hydrogen-bond acceptors (Lipinski definition) is 4. The highest BCUT2D eigenvalue weighted by atomic mass is 35.5. The van der Waals surface area contributed by atoms with E-state index in [1.54, 1.807) is 5.43 Å². The molecule has 0 heterocycles. The second-order valence-electron chi connectivity index (χ2n) is 3.27. The summed E-state index contributed by atoms with van der Waals surface area (Å²) in [4.78, 5) is 11.0. The first kappa shape index (κ1) is 14.2. The number of benzene rings is 1. The molecule has 0 aliphatic carbocycles. The molecule has 0 radical (unpaired) electrons. The molecular formula is C9H10Cl2N2O3S. The molecule has 0 spiro atoms. The number of carbonyl (C=O) groups excluding carboxylic acids is 1. The lowest BCUT2D eigenvalue weighted by Crippen LogP contribution is -2.41. The van der Waals surface area contributed by atoms with Crippen LogP contribution in [0.2, 0.25) is 10.0 Å². The molecule has 0 saturated carbocycles. The van der Waals surface area contributed by atoms with Crippen LogP contribution in [0.1, 0.15) is 6.92 Å². The summed E-state index contributed by atoms with van der Waals surface area (Å²) in [5, 5.41) is -1.12. The topological polar surface area (TPSA) is 89.3 Å². The lowest BCUT2D eigenvalue weighted by Gasteiger charge is -2.12. The lowest BCUT2D eigenvalue weighted by atomic mass is 10.4. The van der Waals surface area contributed by atoms with Crippen molar-refractivity contribution in [1.29, 1.82) is 0 Å². The quantitative estimate of drug-likeness (QED) is 0.497. The Bertz CT molecular complexity index is 545. The van der Waals surface area contributed by atoms with Crippen LogP contribution in [0.4, 0.5) is 0 Å². The van der Waals surface area contributed by atoms with Gasteiger partial charge >= 0.3 is 0 Å². The minimum Gasteiger partial charge on any atom is -0.293 e. The van der Waals surface area contributed by atoms with Gasteiger partial charge < -0.3 is 0 Å². The van der Waals surface area contributed by atoms with E-state index in [1.165, 1.54) is 25.1 Å². The molecule has 0 aliphatic rings. The van der Waals surface area contributed by atoms with Gasteiger partial charge in [0.1, 0.15) is 5.25 Å². The molecule has 0 fully saturated rings. The molecule has 1 rings (SSSR count). The smallest absolute Gasteiger partial charge is 0.252 e. The first-order valence-electron chi connectivity index (χ1n) is 4.50. The van der Waals surface area contributed by atoms with Crippen molar-refractivity contribution in [2.45, 2.75) is 17.1 Å². The third-order valence-electron chi connectivity index (χ3n) is 2.18. The Hall–Kier alpha value is -0.820. The molecule has 1 aromatic rings. The Labute approximate surface area is 109 Å². The average molecular weight is 297 g/mol. The van der Waals surface area contributed by atoms with E-state index in [1.807, 2.05) is 0 Å². The monoisotopic (exact) mass is 296 g/mol. The van der Waals surface area contributed by atoms with Crippen LogP contribution in [0.5, 0.6) is 0 Å². The van der Waals surface area contributed by atoms with Gasteiger partial charge in [0.05, 0.1) is 9.92 Å². The van der Waals surface area contributed by atoms with Gasteiger partial charge in [0.25, 0.3) is 5.91 Å². The van der Waals surface area contributed by atoms with Crippen molar-refractivity contribution >= 4 is 38.9 Å². The molecule has 0 aliphatic heterocycles. The number of rotatable bonds is 3. The largest absolute Gasteiger partial charge is 0.293 e. The van der Waals surface area contributed by atoms with Crippen LogP contribution in [-0.2, 0) is 14.6 Å². The number of halogens is 2. The maximum absolute atomic E-state index is 12.0. The van der Waals surface area contributed by atoms with Crippen LogP contribution < -0.4 is 11.3 Å². The van der Waals surface area contributed by atoms with Crippen LogP contribution in [0.3, 0.4) is 0 Å². The predicted molar refractivity (Wildman–Crippen MR) is 65.4 cm³/mol. The zero-order valence-corrected chi connectivity index (χ0v) is 11.1. The number of sulfone groups is 1. The predicted octanol–water partition coefficient (Wildman–Crippen LogP) is 1.15. The molecule has 8 heteroatoms. The fraction of sp³-hybridized carbons (Fsp3) is 0.222. The zero-order valence-electron chi connectivity index (χ0n) is 8.78. The molecule has 0 unspecified atom stereocenters. The highest BCUT2D eigenvalue weighted by Crippen LogP contribution is 2.27. The van der Waals surface area contributed by atoms with Crippen molar-refractivity contribution in [3.8, 4) is 0 Å². The first-order valence-corrected chi connectivity index (χ1v) is 6.80. The Morgan fingerprint density at radius 1 is 1.41 bits per heavy atom. The van der Waals surface area contributed by atoms with Crippen molar-refractivity contribution in [3.05, 3.63) is 28.2 Å². The van der Waals surface area contributed by atoms with Crippen molar-refractivity contribution in [1.82, 2.24) is 5.43 Å². The molecule has 0 bridgehead atoms. The van der Waals surface area contributed by atoms with Gasteiger partial charge in [-0.25, -0.2) is 14.3 Å².